The molecular weight excluding hydrogens is 212 g/mol. The Balaban J connectivity index is 4.52. The summed E-state index contributed by atoms with van der Waals surface area (Å²) in [5.41, 5.74) is -0.359. The number of hydrogen-bond acceptors (Lipinski definition) is 3. The van der Waals surface area contributed by atoms with Gasteiger partial charge in [0.1, 0.15) is 0 Å². The molecule has 0 aromatic heterocycles. The van der Waals surface area contributed by atoms with Crippen LogP contribution in [0.5, 0.6) is 0 Å². The number of carboxylic acid groups (broad SMARTS) is 1. The average Bonchev–Trinajstić information content (AvgIpc) is 2.23. The maximum atomic E-state index is 11.7. The number of urea groups is 1. The zero-order valence-corrected chi connectivity index (χ0v) is 10.1. The Morgan fingerprint density at radius 3 is 2.25 bits per heavy atom. The highest BCUT2D eigenvalue weighted by molar-refractivity contribution is 5.82. The van der Waals surface area contributed by atoms with E-state index in [2.05, 4.69) is 5.32 Å². The molecule has 0 heterocycles. The number of nitrogens with zero attached hydrogens (tertiary/aromatic N) is 1. The smallest absolute Gasteiger partial charge is 0.328 e. The highest BCUT2D eigenvalue weighted by Gasteiger charge is 2.28. The first kappa shape index (κ1) is 14.7. The third-order valence-corrected chi connectivity index (χ3v) is 2.86. The molecule has 0 aromatic rings. The number of rotatable bonds is 5. The van der Waals surface area contributed by atoms with E-state index < -0.39 is 24.6 Å². The van der Waals surface area contributed by atoms with Crippen molar-refractivity contribution in [3.05, 3.63) is 0 Å². The van der Waals surface area contributed by atoms with E-state index in [1.54, 1.807) is 7.05 Å². The van der Waals surface area contributed by atoms with Crippen molar-refractivity contribution in [2.75, 3.05) is 13.7 Å². The number of aliphatic carboxylic acids is 1. The minimum Gasteiger partial charge on any atom is -0.480 e. The van der Waals surface area contributed by atoms with Crippen LogP contribution < -0.4 is 5.32 Å². The third kappa shape index (κ3) is 3.69. The van der Waals surface area contributed by atoms with Gasteiger partial charge in [0, 0.05) is 12.6 Å². The molecular formula is C10H20N2O4. The Morgan fingerprint density at radius 2 is 1.94 bits per heavy atom. The summed E-state index contributed by atoms with van der Waals surface area (Å²) in [6.07, 6.45) is 0.744. The van der Waals surface area contributed by atoms with Crippen LogP contribution >= 0.6 is 0 Å². The van der Waals surface area contributed by atoms with Crippen molar-refractivity contribution in [2.45, 2.75) is 38.8 Å². The summed E-state index contributed by atoms with van der Waals surface area (Å²) in [5, 5.41) is 19.7. The topological polar surface area (TPSA) is 89.9 Å². The van der Waals surface area contributed by atoms with Crippen molar-refractivity contribution in [1.82, 2.24) is 10.2 Å². The molecule has 6 nitrogen and oxygen atoms in total. The molecule has 0 saturated heterocycles. The zero-order chi connectivity index (χ0) is 12.9. The van der Waals surface area contributed by atoms with E-state index in [0.29, 0.717) is 0 Å². The molecule has 0 aromatic carbocycles. The maximum absolute atomic E-state index is 11.7. The summed E-state index contributed by atoms with van der Waals surface area (Å²) in [7, 11) is 1.59. The number of aliphatic hydroxyl groups excluding tert-OH is 1. The van der Waals surface area contributed by atoms with Gasteiger partial charge in [0.25, 0.3) is 0 Å². The molecule has 1 unspecified atom stereocenters. The summed E-state index contributed by atoms with van der Waals surface area (Å²) < 4.78 is 0. The quantitative estimate of drug-likeness (QED) is 0.634. The molecule has 0 bridgehead atoms. The average molecular weight is 232 g/mol. The Labute approximate surface area is 95.2 Å². The van der Waals surface area contributed by atoms with Gasteiger partial charge in [0.05, 0.1) is 6.61 Å². The summed E-state index contributed by atoms with van der Waals surface area (Å²) in [5.74, 6) is -1.25. The normalized spacial score (nSPS) is 13.1. The Hall–Kier alpha value is -1.30. The number of amides is 2. The van der Waals surface area contributed by atoms with E-state index in [1.165, 1.54) is 4.90 Å². The molecule has 0 fully saturated rings. The fraction of sp³-hybridized carbons (Fsp3) is 0.800. The largest absolute Gasteiger partial charge is 0.480 e. The van der Waals surface area contributed by atoms with Crippen LogP contribution in [0.4, 0.5) is 4.79 Å². The predicted molar refractivity (Wildman–Crippen MR) is 59.2 cm³/mol. The Morgan fingerprint density at radius 1 is 1.44 bits per heavy atom. The van der Waals surface area contributed by atoms with E-state index in [1.807, 2.05) is 20.8 Å². The zero-order valence-electron chi connectivity index (χ0n) is 10.1. The minimum absolute atomic E-state index is 0.359. The number of hydrogen-bond donors (Lipinski definition) is 3. The van der Waals surface area contributed by atoms with Crippen molar-refractivity contribution >= 4 is 12.0 Å². The van der Waals surface area contributed by atoms with E-state index >= 15 is 0 Å². The van der Waals surface area contributed by atoms with E-state index in [0.717, 1.165) is 6.42 Å². The van der Waals surface area contributed by atoms with Crippen LogP contribution in [-0.4, -0.2) is 52.3 Å². The number of aliphatic hydroxyl groups is 1. The van der Waals surface area contributed by atoms with Gasteiger partial charge in [0.15, 0.2) is 6.04 Å². The van der Waals surface area contributed by atoms with E-state index in [4.69, 9.17) is 10.2 Å². The third-order valence-electron chi connectivity index (χ3n) is 2.86. The van der Waals surface area contributed by atoms with Crippen LogP contribution in [-0.2, 0) is 4.79 Å². The highest BCUT2D eigenvalue weighted by atomic mass is 16.4. The predicted octanol–water partition coefficient (Wildman–Crippen LogP) is 0.262. The van der Waals surface area contributed by atoms with Crippen molar-refractivity contribution in [1.29, 1.82) is 0 Å². The van der Waals surface area contributed by atoms with E-state index in [9.17, 15) is 9.59 Å². The van der Waals surface area contributed by atoms with Gasteiger partial charge in [-0.3, -0.25) is 0 Å². The summed E-state index contributed by atoms with van der Waals surface area (Å²) in [4.78, 5) is 23.7. The standard InChI is InChI=1S/C10H20N2O4/c1-5-10(2,3)12(4)9(16)11-7(6-13)8(14)15/h7,13H,5-6H2,1-4H3,(H,11,16)(H,14,15). The molecule has 0 aliphatic heterocycles. The molecule has 16 heavy (non-hydrogen) atoms. The van der Waals surface area contributed by atoms with Crippen molar-refractivity contribution in [3.8, 4) is 0 Å². The number of carboxylic acids is 1. The van der Waals surface area contributed by atoms with Gasteiger partial charge >= 0.3 is 12.0 Å². The van der Waals surface area contributed by atoms with Gasteiger partial charge in [-0.05, 0) is 20.3 Å². The van der Waals surface area contributed by atoms with Gasteiger partial charge in [-0.1, -0.05) is 6.92 Å². The SMILES string of the molecule is CCC(C)(C)N(C)C(=O)NC(CO)C(=O)O. The van der Waals surface area contributed by atoms with Crippen molar-refractivity contribution in [2.24, 2.45) is 0 Å². The van der Waals surface area contributed by atoms with Crippen LogP contribution in [0.3, 0.4) is 0 Å². The minimum atomic E-state index is -1.26. The number of carbonyl (C=O) groups excluding carboxylic acids is 1. The lowest BCUT2D eigenvalue weighted by Gasteiger charge is -2.35. The summed E-state index contributed by atoms with van der Waals surface area (Å²) in [6.45, 7) is 5.06. The molecule has 2 amide bonds. The maximum Gasteiger partial charge on any atom is 0.328 e. The monoisotopic (exact) mass is 232 g/mol. The molecule has 0 rings (SSSR count). The second-order valence-corrected chi connectivity index (χ2v) is 4.25. The lowest BCUT2D eigenvalue weighted by atomic mass is 10.0. The van der Waals surface area contributed by atoms with Gasteiger partial charge in [0.2, 0.25) is 0 Å². The van der Waals surface area contributed by atoms with Gasteiger partial charge < -0.3 is 20.4 Å². The van der Waals surface area contributed by atoms with Crippen LogP contribution in [0.1, 0.15) is 27.2 Å². The van der Waals surface area contributed by atoms with Gasteiger partial charge in [-0.2, -0.15) is 0 Å². The van der Waals surface area contributed by atoms with Crippen LogP contribution in [0, 0.1) is 0 Å². The molecule has 3 N–H and O–H groups in total. The first-order chi connectivity index (χ1) is 7.26. The summed E-state index contributed by atoms with van der Waals surface area (Å²) in [6, 6.07) is -1.77. The van der Waals surface area contributed by atoms with Crippen molar-refractivity contribution < 1.29 is 19.8 Å². The lowest BCUT2D eigenvalue weighted by molar-refractivity contribution is -0.140. The first-order valence-electron chi connectivity index (χ1n) is 5.14. The number of nitrogens with one attached hydrogen (secondary N) is 1. The molecule has 94 valence electrons. The highest BCUT2D eigenvalue weighted by Crippen LogP contribution is 2.16. The van der Waals surface area contributed by atoms with Gasteiger partial charge in [-0.15, -0.1) is 0 Å². The Bertz CT molecular complexity index is 266. The van der Waals surface area contributed by atoms with Crippen LogP contribution in [0.15, 0.2) is 0 Å². The molecule has 0 aliphatic carbocycles. The summed E-state index contributed by atoms with van der Waals surface area (Å²) >= 11 is 0. The fourth-order valence-corrected chi connectivity index (χ4v) is 0.943. The van der Waals surface area contributed by atoms with Crippen LogP contribution in [0.25, 0.3) is 0 Å². The lowest BCUT2D eigenvalue weighted by Crippen LogP contribution is -2.54. The fourth-order valence-electron chi connectivity index (χ4n) is 0.943. The second-order valence-electron chi connectivity index (χ2n) is 4.25. The molecule has 0 saturated carbocycles. The molecule has 1 atom stereocenters. The second kappa shape index (κ2) is 5.69. The van der Waals surface area contributed by atoms with Gasteiger partial charge in [-0.25, -0.2) is 9.59 Å². The van der Waals surface area contributed by atoms with Crippen molar-refractivity contribution in [3.63, 3.8) is 0 Å². The number of carbonyl (C=O) groups is 2. The molecule has 0 spiro atoms. The first-order valence-corrected chi connectivity index (χ1v) is 5.14. The van der Waals surface area contributed by atoms with Crippen LogP contribution in [0.2, 0.25) is 0 Å². The molecule has 6 heteroatoms. The molecule has 0 radical (unpaired) electrons. The molecule has 0 aliphatic rings. The Kier molecular flexibility index (Phi) is 5.23. The van der Waals surface area contributed by atoms with E-state index in [-0.39, 0.29) is 5.54 Å².